The number of benzene rings is 1. The average Bonchev–Trinajstić information content (AvgIpc) is 2.92. The topological polar surface area (TPSA) is 73.2 Å². The molecule has 0 unspecified atom stereocenters. The lowest BCUT2D eigenvalue weighted by molar-refractivity contribution is -0.137. The maximum absolute atomic E-state index is 13.8. The predicted molar refractivity (Wildman–Crippen MR) is 77.9 cm³/mol. The summed E-state index contributed by atoms with van der Waals surface area (Å²) in [4.78, 5) is 25.7. The van der Waals surface area contributed by atoms with Crippen LogP contribution in [-0.4, -0.2) is 29.3 Å². The molecule has 2 atom stereocenters. The third kappa shape index (κ3) is 3.25. The van der Waals surface area contributed by atoms with Crippen LogP contribution in [-0.2, 0) is 9.59 Å². The summed E-state index contributed by atoms with van der Waals surface area (Å²) in [6.45, 7) is 2.35. The van der Waals surface area contributed by atoms with Gasteiger partial charge < -0.3 is 10.2 Å². The van der Waals surface area contributed by atoms with Crippen molar-refractivity contribution in [2.24, 2.45) is 0 Å². The average molecular weight is 303 g/mol. The molecule has 1 heterocycles. The van der Waals surface area contributed by atoms with Crippen molar-refractivity contribution in [2.75, 3.05) is 6.54 Å². The summed E-state index contributed by atoms with van der Waals surface area (Å²) in [6.07, 6.45) is 1.63. The maximum atomic E-state index is 13.8. The van der Waals surface area contributed by atoms with Gasteiger partial charge >= 0.3 is 0 Å². The van der Waals surface area contributed by atoms with Gasteiger partial charge in [-0.05, 0) is 18.9 Å². The van der Waals surface area contributed by atoms with Crippen molar-refractivity contribution in [3.05, 3.63) is 35.6 Å². The number of nitrogens with zero attached hydrogens (tertiary/aromatic N) is 2. The minimum Gasteiger partial charge on any atom is -0.335 e. The number of likely N-dealkylation sites (tertiary alicyclic amines) is 1. The molecule has 22 heavy (non-hydrogen) atoms. The van der Waals surface area contributed by atoms with Crippen LogP contribution in [0.1, 0.15) is 37.8 Å². The first kappa shape index (κ1) is 16.0. The first-order chi connectivity index (χ1) is 10.6. The van der Waals surface area contributed by atoms with Crippen LogP contribution in [0, 0.1) is 17.1 Å². The number of nitriles is 1. The second kappa shape index (κ2) is 7.03. The minimum absolute atomic E-state index is 0.0543. The highest BCUT2D eigenvalue weighted by Gasteiger charge is 2.32. The molecule has 116 valence electrons. The van der Waals surface area contributed by atoms with Gasteiger partial charge in [-0.25, -0.2) is 4.39 Å². The van der Waals surface area contributed by atoms with Gasteiger partial charge in [-0.1, -0.05) is 25.1 Å². The van der Waals surface area contributed by atoms with Gasteiger partial charge in [0.05, 0.1) is 6.07 Å². The molecule has 1 N–H and O–H groups in total. The molecule has 1 fully saturated rings. The van der Waals surface area contributed by atoms with E-state index in [1.54, 1.807) is 13.0 Å². The summed E-state index contributed by atoms with van der Waals surface area (Å²) in [7, 11) is 0. The SMILES string of the molecule is CC[C@H](C(=O)N[C@H](C#N)c1ccccc1F)N1CCCC1=O. The monoisotopic (exact) mass is 303 g/mol. The molecule has 1 aliphatic heterocycles. The number of carbonyl (C=O) groups is 2. The van der Waals surface area contributed by atoms with Gasteiger partial charge in [0.25, 0.3) is 0 Å². The highest BCUT2D eigenvalue weighted by Crippen LogP contribution is 2.19. The Morgan fingerprint density at radius 2 is 2.23 bits per heavy atom. The molecule has 5 nitrogen and oxygen atoms in total. The Bertz CT molecular complexity index is 612. The van der Waals surface area contributed by atoms with E-state index in [-0.39, 0.29) is 11.5 Å². The third-order valence-electron chi connectivity index (χ3n) is 3.81. The van der Waals surface area contributed by atoms with Crippen molar-refractivity contribution in [3.63, 3.8) is 0 Å². The van der Waals surface area contributed by atoms with Crippen LogP contribution in [0.2, 0.25) is 0 Å². The molecular weight excluding hydrogens is 285 g/mol. The number of rotatable bonds is 5. The molecule has 6 heteroatoms. The summed E-state index contributed by atoms with van der Waals surface area (Å²) >= 11 is 0. The molecule has 0 aromatic heterocycles. The molecule has 0 saturated carbocycles. The Balaban J connectivity index is 2.13. The van der Waals surface area contributed by atoms with Crippen molar-refractivity contribution >= 4 is 11.8 Å². The smallest absolute Gasteiger partial charge is 0.244 e. The van der Waals surface area contributed by atoms with Gasteiger partial charge in [0.15, 0.2) is 0 Å². The second-order valence-electron chi connectivity index (χ2n) is 5.21. The Morgan fingerprint density at radius 3 is 2.77 bits per heavy atom. The standard InChI is InChI=1S/C16H18FN3O2/c1-2-14(20-9-5-8-15(20)21)16(22)19-13(10-18)11-6-3-4-7-12(11)17/h3-4,6-7,13-14H,2,5,8-9H2,1H3,(H,19,22)/t13-,14-/m1/s1. The molecule has 1 aromatic rings. The van der Waals surface area contributed by atoms with Crippen molar-refractivity contribution in [3.8, 4) is 6.07 Å². The molecule has 0 bridgehead atoms. The lowest BCUT2D eigenvalue weighted by Crippen LogP contribution is -2.48. The van der Waals surface area contributed by atoms with Crippen LogP contribution in [0.15, 0.2) is 24.3 Å². The largest absolute Gasteiger partial charge is 0.335 e. The molecule has 0 aliphatic carbocycles. The normalized spacial score (nSPS) is 17.0. The molecule has 1 aliphatic rings. The minimum atomic E-state index is -1.07. The lowest BCUT2D eigenvalue weighted by Gasteiger charge is -2.26. The van der Waals surface area contributed by atoms with Crippen molar-refractivity contribution < 1.29 is 14.0 Å². The molecule has 1 aromatic carbocycles. The van der Waals surface area contributed by atoms with Gasteiger partial charge in [-0.3, -0.25) is 9.59 Å². The number of nitrogens with one attached hydrogen (secondary N) is 1. The van der Waals surface area contributed by atoms with E-state index in [2.05, 4.69) is 5.32 Å². The van der Waals surface area contributed by atoms with Crippen molar-refractivity contribution in [2.45, 2.75) is 38.3 Å². The van der Waals surface area contributed by atoms with Gasteiger partial charge in [0, 0.05) is 18.5 Å². The fraction of sp³-hybridized carbons (Fsp3) is 0.438. The zero-order valence-electron chi connectivity index (χ0n) is 12.4. The maximum Gasteiger partial charge on any atom is 0.244 e. The Labute approximate surface area is 128 Å². The highest BCUT2D eigenvalue weighted by atomic mass is 19.1. The Hall–Kier alpha value is -2.42. The van der Waals surface area contributed by atoms with E-state index in [9.17, 15) is 19.2 Å². The van der Waals surface area contributed by atoms with Gasteiger partial charge in [0.2, 0.25) is 11.8 Å². The molecule has 2 amide bonds. The first-order valence-electron chi connectivity index (χ1n) is 7.32. The lowest BCUT2D eigenvalue weighted by atomic mass is 10.1. The zero-order valence-corrected chi connectivity index (χ0v) is 12.4. The van der Waals surface area contributed by atoms with Crippen LogP contribution < -0.4 is 5.32 Å². The molecule has 1 saturated heterocycles. The number of hydrogen-bond donors (Lipinski definition) is 1. The van der Waals surface area contributed by atoms with Crippen LogP contribution in [0.4, 0.5) is 4.39 Å². The molecular formula is C16H18FN3O2. The van der Waals surface area contributed by atoms with E-state index < -0.39 is 23.8 Å². The molecule has 0 radical (unpaired) electrons. The quantitative estimate of drug-likeness (QED) is 0.903. The summed E-state index contributed by atoms with van der Waals surface area (Å²) in [5.74, 6) is -1.02. The summed E-state index contributed by atoms with van der Waals surface area (Å²) in [6, 6.07) is 6.05. The fourth-order valence-electron chi connectivity index (χ4n) is 2.67. The molecule has 0 spiro atoms. The van der Waals surface area contributed by atoms with E-state index in [0.29, 0.717) is 19.4 Å². The fourth-order valence-corrected chi connectivity index (χ4v) is 2.67. The predicted octanol–water partition coefficient (Wildman–Crippen LogP) is 1.91. The number of hydrogen-bond acceptors (Lipinski definition) is 3. The van der Waals surface area contributed by atoms with E-state index >= 15 is 0 Å². The summed E-state index contributed by atoms with van der Waals surface area (Å²) < 4.78 is 13.8. The van der Waals surface area contributed by atoms with Crippen molar-refractivity contribution in [1.29, 1.82) is 5.26 Å². The summed E-state index contributed by atoms with van der Waals surface area (Å²) in [5, 5.41) is 11.8. The Morgan fingerprint density at radius 1 is 1.50 bits per heavy atom. The van der Waals surface area contributed by atoms with E-state index in [0.717, 1.165) is 6.42 Å². The van der Waals surface area contributed by atoms with E-state index in [1.807, 2.05) is 6.07 Å². The number of amides is 2. The number of halogens is 1. The van der Waals surface area contributed by atoms with Gasteiger partial charge in [-0.15, -0.1) is 0 Å². The Kier molecular flexibility index (Phi) is 5.10. The zero-order chi connectivity index (χ0) is 16.1. The van der Waals surface area contributed by atoms with Crippen LogP contribution >= 0.6 is 0 Å². The van der Waals surface area contributed by atoms with Crippen LogP contribution in [0.3, 0.4) is 0 Å². The molecule has 2 rings (SSSR count). The first-order valence-corrected chi connectivity index (χ1v) is 7.32. The second-order valence-corrected chi connectivity index (χ2v) is 5.21. The van der Waals surface area contributed by atoms with Crippen LogP contribution in [0.5, 0.6) is 0 Å². The van der Waals surface area contributed by atoms with E-state index in [4.69, 9.17) is 0 Å². The highest BCUT2D eigenvalue weighted by molar-refractivity contribution is 5.88. The van der Waals surface area contributed by atoms with Gasteiger partial charge in [-0.2, -0.15) is 5.26 Å². The number of carbonyl (C=O) groups excluding carboxylic acids is 2. The van der Waals surface area contributed by atoms with Gasteiger partial charge in [0.1, 0.15) is 17.9 Å². The van der Waals surface area contributed by atoms with Crippen molar-refractivity contribution in [1.82, 2.24) is 10.2 Å². The summed E-state index contributed by atoms with van der Waals surface area (Å²) in [5.41, 5.74) is 0.126. The third-order valence-corrected chi connectivity index (χ3v) is 3.81. The van der Waals surface area contributed by atoms with Crippen LogP contribution in [0.25, 0.3) is 0 Å². The van der Waals surface area contributed by atoms with E-state index in [1.165, 1.54) is 23.1 Å².